The van der Waals surface area contributed by atoms with E-state index in [0.29, 0.717) is 5.71 Å². The lowest BCUT2D eigenvalue weighted by Crippen LogP contribution is -2.41. The third-order valence-corrected chi connectivity index (χ3v) is 5.16. The molecule has 0 saturated carbocycles. The number of rotatable bonds is 6. The second kappa shape index (κ2) is 8.26. The number of nitrogens with one attached hydrogen (secondary N) is 2. The van der Waals surface area contributed by atoms with Crippen LogP contribution in [0.15, 0.2) is 23.4 Å². The summed E-state index contributed by atoms with van der Waals surface area (Å²) in [5.74, 6) is -2.66. The van der Waals surface area contributed by atoms with Crippen molar-refractivity contribution in [1.29, 1.82) is 0 Å². The number of ether oxygens (including phenoxy) is 1. The van der Waals surface area contributed by atoms with Crippen LogP contribution >= 0.6 is 0 Å². The third kappa shape index (κ3) is 5.72. The smallest absolute Gasteiger partial charge is 0.262 e. The molecule has 0 bridgehead atoms. The molecule has 2 amide bonds. The van der Waals surface area contributed by atoms with E-state index >= 15 is 0 Å². The minimum atomic E-state index is -3.70. The molecular weight excluding hydrogens is 424 g/mol. The number of hydrogen-bond donors (Lipinski definition) is 2. The molecule has 3 atom stereocenters. The first-order valence-corrected chi connectivity index (χ1v) is 11.0. The van der Waals surface area contributed by atoms with Gasteiger partial charge in [0.25, 0.3) is 5.91 Å². The zero-order chi connectivity index (χ0) is 22.1. The van der Waals surface area contributed by atoms with Crippen molar-refractivity contribution in [2.75, 3.05) is 12.9 Å². The van der Waals surface area contributed by atoms with E-state index < -0.39 is 51.2 Å². The highest BCUT2D eigenvalue weighted by Gasteiger charge is 2.39. The summed E-state index contributed by atoms with van der Waals surface area (Å²) < 4.78 is 56.2. The van der Waals surface area contributed by atoms with Crippen LogP contribution in [0.1, 0.15) is 31.7 Å². The molecule has 0 radical (unpaired) electrons. The van der Waals surface area contributed by atoms with Crippen molar-refractivity contribution < 1.29 is 36.4 Å². The van der Waals surface area contributed by atoms with Gasteiger partial charge in [0, 0.05) is 24.5 Å². The van der Waals surface area contributed by atoms with Crippen molar-refractivity contribution in [1.82, 2.24) is 10.0 Å². The molecule has 2 aliphatic rings. The lowest BCUT2D eigenvalue weighted by atomic mass is 9.92. The Labute approximate surface area is 171 Å². The van der Waals surface area contributed by atoms with Crippen LogP contribution in [0.5, 0.6) is 0 Å². The lowest BCUT2D eigenvalue weighted by Gasteiger charge is -2.21. The number of oxime groups is 1. The van der Waals surface area contributed by atoms with E-state index in [9.17, 15) is 26.8 Å². The second-order valence-electron chi connectivity index (χ2n) is 7.65. The number of halogens is 2. The minimum absolute atomic E-state index is 0.0511. The number of benzene rings is 1. The van der Waals surface area contributed by atoms with Crippen LogP contribution in [0, 0.1) is 11.6 Å². The monoisotopic (exact) mass is 445 g/mol. The van der Waals surface area contributed by atoms with Crippen molar-refractivity contribution >= 4 is 27.5 Å². The lowest BCUT2D eigenvalue weighted by molar-refractivity contribution is -0.128. The molecule has 0 unspecified atom stereocenters. The Hall–Kier alpha value is -2.60. The van der Waals surface area contributed by atoms with Gasteiger partial charge in [-0.3, -0.25) is 14.3 Å². The quantitative estimate of drug-likeness (QED) is 0.661. The fourth-order valence-corrected chi connectivity index (χ4v) is 3.83. The number of carbonyl (C=O) groups excluding carboxylic acids is 2. The summed E-state index contributed by atoms with van der Waals surface area (Å²) in [6, 6.07) is 2.54. The Balaban J connectivity index is 1.51. The predicted molar refractivity (Wildman–Crippen MR) is 101 cm³/mol. The van der Waals surface area contributed by atoms with Crippen LogP contribution < -0.4 is 10.0 Å². The summed E-state index contributed by atoms with van der Waals surface area (Å²) in [6.45, 7) is 1.70. The maximum absolute atomic E-state index is 13.4. The molecule has 164 valence electrons. The van der Waals surface area contributed by atoms with Crippen LogP contribution in [0.3, 0.4) is 0 Å². The standard InChI is InChI=1S/C18H21F2N3O6S/c1-18(7-14(22-29-18)10-3-11(19)5-12(20)4-10)8-16(24)21-13-6-15(28-9-13)17(25)23-30(2,26)27/h3-5,13,15H,6-9H2,1-2H3,(H,21,24)(H,23,25)/t13-,15-,18-/m1/s1. The molecule has 0 aliphatic carbocycles. The first kappa shape index (κ1) is 22.1. The predicted octanol–water partition coefficient (Wildman–Crippen LogP) is 0.587. The SMILES string of the molecule is C[C@]1(CC(=O)N[C@H]2CO[C@@H](C(=O)NS(C)(=O)=O)C2)CC(c2cc(F)cc(F)c2)=NO1. The molecule has 3 rings (SSSR count). The highest BCUT2D eigenvalue weighted by atomic mass is 32.2. The van der Waals surface area contributed by atoms with Gasteiger partial charge in [-0.15, -0.1) is 0 Å². The van der Waals surface area contributed by atoms with Gasteiger partial charge in [0.15, 0.2) is 0 Å². The Morgan fingerprint density at radius 2 is 1.93 bits per heavy atom. The zero-order valence-corrected chi connectivity index (χ0v) is 17.1. The van der Waals surface area contributed by atoms with Crippen molar-refractivity contribution in [3.8, 4) is 0 Å². The molecule has 2 aliphatic heterocycles. The summed E-state index contributed by atoms with van der Waals surface area (Å²) in [5.41, 5.74) is -0.444. The van der Waals surface area contributed by atoms with Gasteiger partial charge in [-0.1, -0.05) is 5.16 Å². The first-order chi connectivity index (χ1) is 13.9. The molecule has 0 spiro atoms. The normalized spacial score (nSPS) is 26.1. The molecule has 2 N–H and O–H groups in total. The van der Waals surface area contributed by atoms with Gasteiger partial charge in [-0.05, 0) is 19.1 Å². The van der Waals surface area contributed by atoms with E-state index in [1.54, 1.807) is 6.92 Å². The largest absolute Gasteiger partial charge is 0.388 e. The molecule has 1 fully saturated rings. The highest BCUT2D eigenvalue weighted by Crippen LogP contribution is 2.30. The second-order valence-corrected chi connectivity index (χ2v) is 9.40. The van der Waals surface area contributed by atoms with Crippen molar-refractivity contribution in [3.05, 3.63) is 35.4 Å². The molecule has 12 heteroatoms. The Morgan fingerprint density at radius 1 is 1.27 bits per heavy atom. The molecular formula is C18H21F2N3O6S. The summed E-state index contributed by atoms with van der Waals surface area (Å²) in [6.07, 6.45) is 0.0738. The van der Waals surface area contributed by atoms with Gasteiger partial charge in [0.1, 0.15) is 23.3 Å². The number of nitrogens with zero attached hydrogens (tertiary/aromatic N) is 1. The van der Waals surface area contributed by atoms with Gasteiger partial charge >= 0.3 is 0 Å². The molecule has 30 heavy (non-hydrogen) atoms. The van der Waals surface area contributed by atoms with Crippen LogP contribution in [0.25, 0.3) is 0 Å². The first-order valence-electron chi connectivity index (χ1n) is 9.06. The molecule has 1 saturated heterocycles. The topological polar surface area (TPSA) is 123 Å². The van der Waals surface area contributed by atoms with Gasteiger partial charge in [-0.2, -0.15) is 0 Å². The number of hydrogen-bond acceptors (Lipinski definition) is 7. The van der Waals surface area contributed by atoms with Gasteiger partial charge in [-0.25, -0.2) is 17.2 Å². The van der Waals surface area contributed by atoms with E-state index in [0.717, 1.165) is 24.5 Å². The van der Waals surface area contributed by atoms with Crippen molar-refractivity contribution in [2.45, 2.75) is 43.9 Å². The molecule has 1 aromatic rings. The van der Waals surface area contributed by atoms with Gasteiger partial charge < -0.3 is 14.9 Å². The van der Waals surface area contributed by atoms with Crippen LogP contribution in [0.4, 0.5) is 8.78 Å². The Morgan fingerprint density at radius 3 is 2.57 bits per heavy atom. The van der Waals surface area contributed by atoms with Crippen molar-refractivity contribution in [3.63, 3.8) is 0 Å². The van der Waals surface area contributed by atoms with E-state index in [2.05, 4.69) is 10.5 Å². The zero-order valence-electron chi connectivity index (χ0n) is 16.3. The highest BCUT2D eigenvalue weighted by molar-refractivity contribution is 7.89. The van der Waals surface area contributed by atoms with Gasteiger partial charge in [0.2, 0.25) is 15.9 Å². The maximum atomic E-state index is 13.4. The fourth-order valence-electron chi connectivity index (χ4n) is 3.33. The van der Waals surface area contributed by atoms with E-state index in [-0.39, 0.29) is 31.4 Å². The van der Waals surface area contributed by atoms with E-state index in [1.165, 1.54) is 0 Å². The Kier molecular flexibility index (Phi) is 6.09. The van der Waals surface area contributed by atoms with E-state index in [4.69, 9.17) is 9.57 Å². The van der Waals surface area contributed by atoms with E-state index in [1.807, 2.05) is 4.72 Å². The van der Waals surface area contributed by atoms with Crippen LogP contribution in [-0.2, 0) is 29.2 Å². The molecule has 0 aromatic heterocycles. The number of amides is 2. The molecule has 9 nitrogen and oxygen atoms in total. The van der Waals surface area contributed by atoms with Gasteiger partial charge in [0.05, 0.1) is 31.0 Å². The van der Waals surface area contributed by atoms with Crippen molar-refractivity contribution in [2.24, 2.45) is 5.16 Å². The molecule has 2 heterocycles. The summed E-state index contributed by atoms with van der Waals surface area (Å²) in [5, 5.41) is 6.57. The average molecular weight is 445 g/mol. The summed E-state index contributed by atoms with van der Waals surface area (Å²) in [4.78, 5) is 29.6. The molecule has 1 aromatic carbocycles. The summed E-state index contributed by atoms with van der Waals surface area (Å²) in [7, 11) is -3.70. The van der Waals surface area contributed by atoms with Crippen LogP contribution in [-0.4, -0.2) is 56.6 Å². The average Bonchev–Trinajstić information content (AvgIpc) is 3.19. The van der Waals surface area contributed by atoms with Crippen LogP contribution in [0.2, 0.25) is 0 Å². The maximum Gasteiger partial charge on any atom is 0.262 e. The fraction of sp³-hybridized carbons (Fsp3) is 0.500. The third-order valence-electron chi connectivity index (χ3n) is 4.59. The minimum Gasteiger partial charge on any atom is -0.388 e. The Bertz CT molecular complexity index is 979. The number of sulfonamides is 1. The number of carbonyl (C=O) groups is 2. The summed E-state index contributed by atoms with van der Waals surface area (Å²) >= 11 is 0.